The van der Waals surface area contributed by atoms with Gasteiger partial charge < -0.3 is 20.2 Å². The SMILES string of the molecule is CC(C)N1CCC(N2Cc3ccc(O)cc3NC2=O)CC1. The molecule has 0 atom stereocenters. The van der Waals surface area contributed by atoms with E-state index in [4.69, 9.17) is 0 Å². The summed E-state index contributed by atoms with van der Waals surface area (Å²) in [4.78, 5) is 16.7. The van der Waals surface area contributed by atoms with E-state index in [1.807, 2.05) is 11.0 Å². The number of hydrogen-bond donors (Lipinski definition) is 2. The molecule has 0 bridgehead atoms. The predicted octanol–water partition coefficient (Wildman–Crippen LogP) is 2.61. The third-order valence-corrected chi connectivity index (χ3v) is 4.61. The number of phenolic OH excluding ortho intramolecular Hbond substituents is 1. The second-order valence-electron chi connectivity index (χ2n) is 6.26. The highest BCUT2D eigenvalue weighted by Crippen LogP contribution is 2.30. The molecule has 2 N–H and O–H groups in total. The number of nitrogens with one attached hydrogen (secondary N) is 1. The lowest BCUT2D eigenvalue weighted by molar-refractivity contribution is 0.105. The number of aromatic hydroxyl groups is 1. The maximum absolute atomic E-state index is 12.3. The second-order valence-corrected chi connectivity index (χ2v) is 6.26. The van der Waals surface area contributed by atoms with E-state index < -0.39 is 0 Å². The second kappa shape index (κ2) is 5.56. The van der Waals surface area contributed by atoms with Gasteiger partial charge in [-0.25, -0.2) is 4.79 Å². The van der Waals surface area contributed by atoms with Crippen molar-refractivity contribution >= 4 is 11.7 Å². The van der Waals surface area contributed by atoms with Crippen LogP contribution in [0.5, 0.6) is 5.75 Å². The van der Waals surface area contributed by atoms with Crippen molar-refractivity contribution in [3.8, 4) is 5.75 Å². The van der Waals surface area contributed by atoms with Gasteiger partial charge in [-0.1, -0.05) is 6.07 Å². The van der Waals surface area contributed by atoms with Gasteiger partial charge in [-0.05, 0) is 38.3 Å². The van der Waals surface area contributed by atoms with Crippen LogP contribution in [0.4, 0.5) is 10.5 Å². The third kappa shape index (κ3) is 2.83. The van der Waals surface area contributed by atoms with E-state index in [1.165, 1.54) is 0 Å². The van der Waals surface area contributed by atoms with Crippen LogP contribution in [0.2, 0.25) is 0 Å². The van der Waals surface area contributed by atoms with Crippen LogP contribution in [-0.2, 0) is 6.54 Å². The maximum atomic E-state index is 12.3. The Morgan fingerprint density at radius 1 is 1.29 bits per heavy atom. The summed E-state index contributed by atoms with van der Waals surface area (Å²) in [5, 5.41) is 12.4. The molecule has 1 saturated heterocycles. The van der Waals surface area contributed by atoms with E-state index >= 15 is 0 Å². The molecule has 0 unspecified atom stereocenters. The molecule has 5 nitrogen and oxygen atoms in total. The first-order valence-electron chi connectivity index (χ1n) is 7.68. The summed E-state index contributed by atoms with van der Waals surface area (Å²) in [6.45, 7) is 7.17. The molecule has 0 saturated carbocycles. The van der Waals surface area contributed by atoms with Crippen molar-refractivity contribution < 1.29 is 9.90 Å². The fourth-order valence-electron chi connectivity index (χ4n) is 3.27. The number of amides is 2. The molecule has 1 aromatic carbocycles. The minimum Gasteiger partial charge on any atom is -0.508 e. The molecule has 2 aliphatic rings. The quantitative estimate of drug-likeness (QED) is 0.880. The van der Waals surface area contributed by atoms with Crippen LogP contribution in [0.25, 0.3) is 0 Å². The lowest BCUT2D eigenvalue weighted by Crippen LogP contribution is -2.51. The number of anilines is 1. The molecule has 3 rings (SSSR count). The number of benzene rings is 1. The molecule has 1 aromatic rings. The van der Waals surface area contributed by atoms with Crippen molar-refractivity contribution in [1.82, 2.24) is 9.80 Å². The molecule has 0 radical (unpaired) electrons. The molecule has 0 aliphatic carbocycles. The average molecular weight is 289 g/mol. The summed E-state index contributed by atoms with van der Waals surface area (Å²) in [5.74, 6) is 0.188. The molecule has 5 heteroatoms. The van der Waals surface area contributed by atoms with Gasteiger partial charge in [-0.2, -0.15) is 0 Å². The van der Waals surface area contributed by atoms with E-state index in [-0.39, 0.29) is 11.8 Å². The van der Waals surface area contributed by atoms with Crippen LogP contribution >= 0.6 is 0 Å². The van der Waals surface area contributed by atoms with Gasteiger partial charge in [0.1, 0.15) is 5.75 Å². The van der Waals surface area contributed by atoms with Crippen molar-refractivity contribution in [2.24, 2.45) is 0 Å². The summed E-state index contributed by atoms with van der Waals surface area (Å²) >= 11 is 0. The molecule has 21 heavy (non-hydrogen) atoms. The summed E-state index contributed by atoms with van der Waals surface area (Å²) in [7, 11) is 0. The number of piperidine rings is 1. The summed E-state index contributed by atoms with van der Waals surface area (Å²) in [5.41, 5.74) is 1.80. The van der Waals surface area contributed by atoms with Crippen molar-refractivity contribution in [2.45, 2.75) is 45.3 Å². The van der Waals surface area contributed by atoms with Crippen LogP contribution in [0.3, 0.4) is 0 Å². The molecular weight excluding hydrogens is 266 g/mol. The predicted molar refractivity (Wildman–Crippen MR) is 82.4 cm³/mol. The molecular formula is C16H23N3O2. The Labute approximate surface area is 125 Å². The molecule has 2 heterocycles. The van der Waals surface area contributed by atoms with Crippen LogP contribution in [-0.4, -0.2) is 46.1 Å². The first-order chi connectivity index (χ1) is 10.0. The fraction of sp³-hybridized carbons (Fsp3) is 0.562. The Hall–Kier alpha value is -1.75. The Balaban J connectivity index is 1.70. The zero-order chi connectivity index (χ0) is 15.0. The Kier molecular flexibility index (Phi) is 3.76. The zero-order valence-electron chi connectivity index (χ0n) is 12.7. The van der Waals surface area contributed by atoms with Gasteiger partial charge >= 0.3 is 6.03 Å². The molecule has 2 amide bonds. The van der Waals surface area contributed by atoms with Gasteiger partial charge in [0.2, 0.25) is 0 Å². The largest absolute Gasteiger partial charge is 0.508 e. The maximum Gasteiger partial charge on any atom is 0.322 e. The number of likely N-dealkylation sites (tertiary alicyclic amines) is 1. The molecule has 0 aromatic heterocycles. The van der Waals surface area contributed by atoms with Gasteiger partial charge in [-0.3, -0.25) is 0 Å². The zero-order valence-corrected chi connectivity index (χ0v) is 12.7. The van der Waals surface area contributed by atoms with Crippen molar-refractivity contribution in [3.05, 3.63) is 23.8 Å². The number of nitrogens with zero attached hydrogens (tertiary/aromatic N) is 2. The first-order valence-corrected chi connectivity index (χ1v) is 7.68. The number of carbonyl (C=O) groups is 1. The monoisotopic (exact) mass is 289 g/mol. The molecule has 114 valence electrons. The van der Waals surface area contributed by atoms with Gasteiger partial charge in [0.05, 0.1) is 5.69 Å². The van der Waals surface area contributed by atoms with Crippen molar-refractivity contribution in [2.75, 3.05) is 18.4 Å². The highest BCUT2D eigenvalue weighted by molar-refractivity contribution is 5.92. The van der Waals surface area contributed by atoms with Crippen LogP contribution in [0, 0.1) is 0 Å². The molecule has 0 spiro atoms. The number of phenols is 1. The van der Waals surface area contributed by atoms with E-state index in [0.29, 0.717) is 18.6 Å². The first kappa shape index (κ1) is 14.2. The lowest BCUT2D eigenvalue weighted by atomic mass is 10.00. The number of urea groups is 1. The molecule has 2 aliphatic heterocycles. The number of hydrogen-bond acceptors (Lipinski definition) is 3. The number of carbonyl (C=O) groups excluding carboxylic acids is 1. The lowest BCUT2D eigenvalue weighted by Gasteiger charge is -2.41. The molecule has 1 fully saturated rings. The van der Waals surface area contributed by atoms with Gasteiger partial charge in [0, 0.05) is 37.8 Å². The Bertz CT molecular complexity index is 536. The third-order valence-electron chi connectivity index (χ3n) is 4.61. The van der Waals surface area contributed by atoms with Gasteiger partial charge in [-0.15, -0.1) is 0 Å². The number of fused-ring (bicyclic) bond motifs is 1. The fourth-order valence-corrected chi connectivity index (χ4v) is 3.27. The van der Waals surface area contributed by atoms with Gasteiger partial charge in [0.15, 0.2) is 0 Å². The highest BCUT2D eigenvalue weighted by atomic mass is 16.3. The van der Waals surface area contributed by atoms with E-state index in [0.717, 1.165) is 37.2 Å². The highest BCUT2D eigenvalue weighted by Gasteiger charge is 2.31. The summed E-state index contributed by atoms with van der Waals surface area (Å²) < 4.78 is 0. The smallest absolute Gasteiger partial charge is 0.322 e. The van der Waals surface area contributed by atoms with E-state index in [2.05, 4.69) is 24.1 Å². The average Bonchev–Trinajstić information content (AvgIpc) is 2.46. The van der Waals surface area contributed by atoms with Crippen LogP contribution in [0.15, 0.2) is 18.2 Å². The summed E-state index contributed by atoms with van der Waals surface area (Å²) in [6, 6.07) is 6.02. The van der Waals surface area contributed by atoms with E-state index in [1.54, 1.807) is 12.1 Å². The minimum atomic E-state index is -0.0453. The minimum absolute atomic E-state index is 0.0453. The Morgan fingerprint density at radius 3 is 2.67 bits per heavy atom. The topological polar surface area (TPSA) is 55.8 Å². The standard InChI is InChI=1S/C16H23N3O2/c1-11(2)18-7-5-13(6-8-18)19-10-12-3-4-14(20)9-15(12)17-16(19)21/h3-4,9,11,13,20H,5-8,10H2,1-2H3,(H,17,21). The Morgan fingerprint density at radius 2 is 2.00 bits per heavy atom. The van der Waals surface area contributed by atoms with E-state index in [9.17, 15) is 9.90 Å². The van der Waals surface area contributed by atoms with Crippen molar-refractivity contribution in [1.29, 1.82) is 0 Å². The van der Waals surface area contributed by atoms with Crippen LogP contribution in [0.1, 0.15) is 32.3 Å². The number of rotatable bonds is 2. The normalized spacial score (nSPS) is 20.5. The van der Waals surface area contributed by atoms with Crippen LogP contribution < -0.4 is 5.32 Å². The van der Waals surface area contributed by atoms with Crippen molar-refractivity contribution in [3.63, 3.8) is 0 Å². The summed E-state index contributed by atoms with van der Waals surface area (Å²) in [6.07, 6.45) is 2.05. The van der Waals surface area contributed by atoms with Gasteiger partial charge in [0.25, 0.3) is 0 Å².